The molecule has 0 bridgehead atoms. The average Bonchev–Trinajstić information content (AvgIpc) is 3.23. The van der Waals surface area contributed by atoms with Crippen LogP contribution in [0.2, 0.25) is 0 Å². The lowest BCUT2D eigenvalue weighted by atomic mass is 9.74. The maximum Gasteiger partial charge on any atom is 0.410 e. The predicted octanol–water partition coefficient (Wildman–Crippen LogP) is 0.971. The zero-order chi connectivity index (χ0) is 19.6. The van der Waals surface area contributed by atoms with Crippen LogP contribution < -0.4 is 10.6 Å². The molecule has 1 aromatic rings. The van der Waals surface area contributed by atoms with E-state index in [1.807, 2.05) is 30.3 Å². The molecule has 0 radical (unpaired) electrons. The topological polar surface area (TPSA) is 91.0 Å². The van der Waals surface area contributed by atoms with Gasteiger partial charge in [0.05, 0.1) is 6.54 Å². The maximum absolute atomic E-state index is 13.5. The largest absolute Gasteiger partial charge is 0.448 e. The van der Waals surface area contributed by atoms with Gasteiger partial charge in [-0.25, -0.2) is 9.59 Å². The van der Waals surface area contributed by atoms with Crippen molar-refractivity contribution in [2.45, 2.75) is 24.8 Å². The van der Waals surface area contributed by atoms with E-state index in [0.717, 1.165) is 31.5 Å². The Balaban J connectivity index is 1.55. The molecule has 0 aliphatic carbocycles. The number of cyclic esters (lactones) is 1. The van der Waals surface area contributed by atoms with E-state index in [1.54, 1.807) is 0 Å². The Kier molecular flexibility index (Phi) is 5.21. The van der Waals surface area contributed by atoms with Crippen molar-refractivity contribution in [3.8, 4) is 0 Å². The summed E-state index contributed by atoms with van der Waals surface area (Å²) in [7, 11) is 0. The summed E-state index contributed by atoms with van der Waals surface area (Å²) in [5.41, 5.74) is 0.103. The molecule has 3 aliphatic rings. The molecule has 1 atom stereocenters. The SMILES string of the molecule is O=C1OCCN1CCN1C(=O)N[C@@](Cc2ccccc2)(C2CCNCC2)C1=O. The number of ether oxygens (including phenoxy) is 1. The van der Waals surface area contributed by atoms with Crippen molar-refractivity contribution in [1.82, 2.24) is 20.4 Å². The smallest absolute Gasteiger partial charge is 0.410 e. The van der Waals surface area contributed by atoms with Gasteiger partial charge in [0.25, 0.3) is 5.91 Å². The van der Waals surface area contributed by atoms with Crippen LogP contribution in [0, 0.1) is 5.92 Å². The molecule has 0 saturated carbocycles. The third-order valence-electron chi connectivity index (χ3n) is 6.00. The van der Waals surface area contributed by atoms with E-state index in [2.05, 4.69) is 10.6 Å². The number of carbonyl (C=O) groups excluding carboxylic acids is 3. The first-order valence-corrected chi connectivity index (χ1v) is 9.90. The molecular weight excluding hydrogens is 360 g/mol. The van der Waals surface area contributed by atoms with Gasteiger partial charge in [-0.3, -0.25) is 9.69 Å². The molecule has 4 amide bonds. The lowest BCUT2D eigenvalue weighted by molar-refractivity contribution is -0.133. The maximum atomic E-state index is 13.5. The lowest BCUT2D eigenvalue weighted by Gasteiger charge is -2.38. The number of imide groups is 1. The number of urea groups is 1. The van der Waals surface area contributed by atoms with Gasteiger partial charge >= 0.3 is 12.1 Å². The van der Waals surface area contributed by atoms with E-state index in [4.69, 9.17) is 4.74 Å². The van der Waals surface area contributed by atoms with Crippen LogP contribution in [-0.4, -0.2) is 72.7 Å². The number of nitrogens with one attached hydrogen (secondary N) is 2. The standard InChI is InChI=1S/C20H26N4O4/c25-17-20(16-6-8-21-9-7-16,14-15-4-2-1-3-5-15)22-18(26)24(17)11-10-23-12-13-28-19(23)27/h1-5,16,21H,6-14H2,(H,22,26)/t20-/m0/s1. The zero-order valence-electron chi connectivity index (χ0n) is 15.9. The molecule has 2 N–H and O–H groups in total. The molecule has 1 aromatic carbocycles. The minimum Gasteiger partial charge on any atom is -0.448 e. The first-order chi connectivity index (χ1) is 13.6. The number of benzene rings is 1. The van der Waals surface area contributed by atoms with Crippen LogP contribution in [0.15, 0.2) is 30.3 Å². The Labute approximate surface area is 164 Å². The van der Waals surface area contributed by atoms with Crippen molar-refractivity contribution in [2.75, 3.05) is 39.3 Å². The average molecular weight is 386 g/mol. The molecule has 0 spiro atoms. The minimum atomic E-state index is -0.925. The number of hydrogen-bond acceptors (Lipinski definition) is 5. The highest BCUT2D eigenvalue weighted by atomic mass is 16.6. The van der Waals surface area contributed by atoms with Crippen LogP contribution >= 0.6 is 0 Å². The van der Waals surface area contributed by atoms with Gasteiger partial charge in [-0.2, -0.15) is 0 Å². The van der Waals surface area contributed by atoms with Crippen LogP contribution in [0.5, 0.6) is 0 Å². The van der Waals surface area contributed by atoms with Gasteiger partial charge in [0.1, 0.15) is 12.1 Å². The second kappa shape index (κ2) is 7.79. The fourth-order valence-electron chi connectivity index (χ4n) is 4.47. The fraction of sp³-hybridized carbons (Fsp3) is 0.550. The molecule has 0 unspecified atom stereocenters. The van der Waals surface area contributed by atoms with E-state index < -0.39 is 5.54 Å². The number of carbonyl (C=O) groups is 3. The van der Waals surface area contributed by atoms with Gasteiger partial charge in [-0.15, -0.1) is 0 Å². The Morgan fingerprint density at radius 3 is 2.50 bits per heavy atom. The van der Waals surface area contributed by atoms with Crippen molar-refractivity contribution in [2.24, 2.45) is 5.92 Å². The Morgan fingerprint density at radius 2 is 1.82 bits per heavy atom. The number of nitrogens with zero attached hydrogens (tertiary/aromatic N) is 2. The number of rotatable bonds is 6. The van der Waals surface area contributed by atoms with Gasteiger partial charge < -0.3 is 20.3 Å². The first-order valence-electron chi connectivity index (χ1n) is 9.90. The molecule has 3 fully saturated rings. The Morgan fingerprint density at radius 1 is 1.07 bits per heavy atom. The summed E-state index contributed by atoms with van der Waals surface area (Å²) in [4.78, 5) is 40.7. The molecule has 4 rings (SSSR count). The van der Waals surface area contributed by atoms with E-state index >= 15 is 0 Å². The second-order valence-electron chi connectivity index (χ2n) is 7.65. The van der Waals surface area contributed by atoms with Crippen LogP contribution in [0.3, 0.4) is 0 Å². The molecule has 150 valence electrons. The summed E-state index contributed by atoms with van der Waals surface area (Å²) in [6.07, 6.45) is 1.77. The van der Waals surface area contributed by atoms with Crippen molar-refractivity contribution in [1.29, 1.82) is 0 Å². The summed E-state index contributed by atoms with van der Waals surface area (Å²) in [5.74, 6) is -0.104. The third kappa shape index (κ3) is 3.44. The zero-order valence-corrected chi connectivity index (χ0v) is 15.9. The van der Waals surface area contributed by atoms with Gasteiger partial charge in [0.15, 0.2) is 0 Å². The highest BCUT2D eigenvalue weighted by Gasteiger charge is 2.55. The van der Waals surface area contributed by atoms with E-state index in [1.165, 1.54) is 9.80 Å². The first kappa shape index (κ1) is 18.7. The summed E-state index contributed by atoms with van der Waals surface area (Å²) in [6, 6.07) is 9.45. The molecule has 3 heterocycles. The quantitative estimate of drug-likeness (QED) is 0.711. The number of hydrogen-bond donors (Lipinski definition) is 2. The molecule has 28 heavy (non-hydrogen) atoms. The summed E-state index contributed by atoms with van der Waals surface area (Å²) in [6.45, 7) is 3.00. The van der Waals surface area contributed by atoms with E-state index in [-0.39, 0.29) is 30.5 Å². The Bertz CT molecular complexity index is 750. The molecule has 3 aliphatic heterocycles. The van der Waals surface area contributed by atoms with E-state index in [9.17, 15) is 14.4 Å². The summed E-state index contributed by atoms with van der Waals surface area (Å²) >= 11 is 0. The monoisotopic (exact) mass is 386 g/mol. The predicted molar refractivity (Wildman–Crippen MR) is 102 cm³/mol. The lowest BCUT2D eigenvalue weighted by Crippen LogP contribution is -2.57. The van der Waals surface area contributed by atoms with Crippen molar-refractivity contribution >= 4 is 18.0 Å². The minimum absolute atomic E-state index is 0.0761. The van der Waals surface area contributed by atoms with Crippen LogP contribution in [0.1, 0.15) is 18.4 Å². The van der Waals surface area contributed by atoms with Crippen molar-refractivity contribution in [3.05, 3.63) is 35.9 Å². The fourth-order valence-corrected chi connectivity index (χ4v) is 4.47. The van der Waals surface area contributed by atoms with Crippen LogP contribution in [0.25, 0.3) is 0 Å². The number of piperidine rings is 1. The van der Waals surface area contributed by atoms with Gasteiger partial charge in [0, 0.05) is 19.5 Å². The molecule has 8 heteroatoms. The highest BCUT2D eigenvalue weighted by molar-refractivity contribution is 6.07. The molecule has 8 nitrogen and oxygen atoms in total. The summed E-state index contributed by atoms with van der Waals surface area (Å²) < 4.78 is 4.93. The highest BCUT2D eigenvalue weighted by Crippen LogP contribution is 2.35. The van der Waals surface area contributed by atoms with E-state index in [0.29, 0.717) is 26.1 Å². The number of amides is 4. The second-order valence-corrected chi connectivity index (χ2v) is 7.65. The summed E-state index contributed by atoms with van der Waals surface area (Å²) in [5, 5.41) is 6.38. The molecular formula is C20H26N4O4. The third-order valence-corrected chi connectivity index (χ3v) is 6.00. The van der Waals surface area contributed by atoms with Crippen molar-refractivity contribution < 1.29 is 19.1 Å². The van der Waals surface area contributed by atoms with Gasteiger partial charge in [-0.1, -0.05) is 30.3 Å². The molecule has 3 saturated heterocycles. The Hall–Kier alpha value is -2.61. The normalized spacial score (nSPS) is 25.9. The van der Waals surface area contributed by atoms with Gasteiger partial charge in [0.2, 0.25) is 0 Å². The van der Waals surface area contributed by atoms with Crippen molar-refractivity contribution in [3.63, 3.8) is 0 Å². The van der Waals surface area contributed by atoms with Crippen LogP contribution in [0.4, 0.5) is 9.59 Å². The van der Waals surface area contributed by atoms with Gasteiger partial charge in [-0.05, 0) is 37.4 Å². The van der Waals surface area contributed by atoms with Crippen LogP contribution in [-0.2, 0) is 16.0 Å². The molecule has 0 aromatic heterocycles.